The van der Waals surface area contributed by atoms with Gasteiger partial charge in [-0.1, -0.05) is 12.1 Å². The topological polar surface area (TPSA) is 109 Å². The molecule has 9 heteroatoms. The highest BCUT2D eigenvalue weighted by molar-refractivity contribution is 14.0. The van der Waals surface area contributed by atoms with Gasteiger partial charge in [-0.15, -0.1) is 24.0 Å². The Kier molecular flexibility index (Phi) is 10.2. The largest absolute Gasteiger partial charge is 0.497 e. The fraction of sp³-hybridized carbons (Fsp3) is 0.556. The van der Waals surface area contributed by atoms with Crippen molar-refractivity contribution in [2.45, 2.75) is 31.9 Å². The zero-order chi connectivity index (χ0) is 18.9. The van der Waals surface area contributed by atoms with Gasteiger partial charge in [0.05, 0.1) is 26.4 Å². The normalized spacial score (nSPS) is 16.3. The Bertz CT molecular complexity index is 604. The van der Waals surface area contributed by atoms with Crippen LogP contribution >= 0.6 is 24.0 Å². The lowest BCUT2D eigenvalue weighted by atomic mass is 10.1. The molecule has 1 fully saturated rings. The number of guanidine groups is 1. The number of aliphatic hydroxyl groups excluding tert-OH is 1. The van der Waals surface area contributed by atoms with E-state index in [-0.39, 0.29) is 42.7 Å². The minimum Gasteiger partial charge on any atom is -0.497 e. The number of carbonyl (C=O) groups excluding carboxylic acids is 1. The van der Waals surface area contributed by atoms with Gasteiger partial charge >= 0.3 is 6.09 Å². The highest BCUT2D eigenvalue weighted by atomic mass is 127. The van der Waals surface area contributed by atoms with Crippen LogP contribution in [0, 0.1) is 0 Å². The number of amides is 1. The smallest absolute Gasteiger partial charge is 0.409 e. The molecule has 0 saturated carbocycles. The molecule has 1 heterocycles. The first kappa shape index (κ1) is 23.3. The van der Waals surface area contributed by atoms with E-state index < -0.39 is 6.10 Å². The number of benzene rings is 1. The van der Waals surface area contributed by atoms with Crippen LogP contribution in [0.3, 0.4) is 0 Å². The molecule has 0 radical (unpaired) electrons. The highest BCUT2D eigenvalue weighted by Gasteiger charge is 2.23. The molecular formula is C18H29IN4O4. The summed E-state index contributed by atoms with van der Waals surface area (Å²) in [5, 5.41) is 13.3. The molecule has 0 aromatic heterocycles. The third-order valence-corrected chi connectivity index (χ3v) is 4.31. The molecule has 152 valence electrons. The SMILES string of the molecule is CCOC(=O)N1CCC(NC(N)=NCC(O)c2ccc(OC)cc2)CC1.I. The Balaban J connectivity index is 0.00000364. The average Bonchev–Trinajstić information content (AvgIpc) is 2.67. The van der Waals surface area contributed by atoms with Crippen molar-refractivity contribution in [3.8, 4) is 5.75 Å². The van der Waals surface area contributed by atoms with Gasteiger partial charge in [0.2, 0.25) is 0 Å². The number of aliphatic imine (C=N–C) groups is 1. The molecule has 1 amide bonds. The molecule has 27 heavy (non-hydrogen) atoms. The fourth-order valence-corrected chi connectivity index (χ4v) is 2.79. The number of likely N-dealkylation sites (tertiary alicyclic amines) is 1. The van der Waals surface area contributed by atoms with Crippen LogP contribution < -0.4 is 15.8 Å². The number of ether oxygens (including phenoxy) is 2. The zero-order valence-corrected chi connectivity index (χ0v) is 18.1. The predicted octanol–water partition coefficient (Wildman–Crippen LogP) is 1.87. The molecule has 1 saturated heterocycles. The molecule has 0 aliphatic carbocycles. The Morgan fingerprint density at radius 3 is 2.56 bits per heavy atom. The van der Waals surface area contributed by atoms with Crippen LogP contribution in [0.2, 0.25) is 0 Å². The van der Waals surface area contributed by atoms with Crippen LogP contribution in [0.15, 0.2) is 29.3 Å². The summed E-state index contributed by atoms with van der Waals surface area (Å²) < 4.78 is 10.1. The van der Waals surface area contributed by atoms with Crippen molar-refractivity contribution >= 4 is 36.0 Å². The summed E-state index contributed by atoms with van der Waals surface area (Å²) in [6.07, 6.45) is 0.550. The Hall–Kier alpha value is -1.75. The highest BCUT2D eigenvalue weighted by Crippen LogP contribution is 2.17. The van der Waals surface area contributed by atoms with E-state index in [1.807, 2.05) is 0 Å². The minimum absolute atomic E-state index is 0. The molecule has 1 aliphatic heterocycles. The number of carbonyl (C=O) groups is 1. The lowest BCUT2D eigenvalue weighted by Gasteiger charge is -2.31. The third-order valence-electron chi connectivity index (χ3n) is 4.31. The van der Waals surface area contributed by atoms with Gasteiger partial charge in [-0.25, -0.2) is 4.79 Å². The number of halogens is 1. The Morgan fingerprint density at radius 1 is 1.37 bits per heavy atom. The van der Waals surface area contributed by atoms with Gasteiger partial charge in [-0.2, -0.15) is 0 Å². The van der Waals surface area contributed by atoms with Gasteiger partial charge < -0.3 is 30.5 Å². The Labute approximate surface area is 177 Å². The summed E-state index contributed by atoms with van der Waals surface area (Å²) in [6.45, 7) is 3.60. The summed E-state index contributed by atoms with van der Waals surface area (Å²) in [5.74, 6) is 1.03. The lowest BCUT2D eigenvalue weighted by Crippen LogP contribution is -2.48. The molecular weight excluding hydrogens is 463 g/mol. The van der Waals surface area contributed by atoms with Crippen LogP contribution in [0.1, 0.15) is 31.4 Å². The van der Waals surface area contributed by atoms with E-state index in [0.717, 1.165) is 24.2 Å². The number of hydrogen-bond acceptors (Lipinski definition) is 5. The van der Waals surface area contributed by atoms with E-state index in [9.17, 15) is 9.90 Å². The van der Waals surface area contributed by atoms with Crippen molar-refractivity contribution < 1.29 is 19.4 Å². The van der Waals surface area contributed by atoms with Gasteiger partial charge in [0.25, 0.3) is 0 Å². The molecule has 1 aromatic rings. The summed E-state index contributed by atoms with van der Waals surface area (Å²) in [5.41, 5.74) is 6.68. The van der Waals surface area contributed by atoms with Crippen LogP contribution in [0.25, 0.3) is 0 Å². The first-order valence-electron chi connectivity index (χ1n) is 8.83. The van der Waals surface area contributed by atoms with Crippen molar-refractivity contribution in [1.29, 1.82) is 0 Å². The molecule has 1 unspecified atom stereocenters. The molecule has 1 aromatic carbocycles. The van der Waals surface area contributed by atoms with Gasteiger partial charge in [-0.3, -0.25) is 4.99 Å². The molecule has 0 spiro atoms. The lowest BCUT2D eigenvalue weighted by molar-refractivity contribution is 0.0963. The number of nitrogens with one attached hydrogen (secondary N) is 1. The molecule has 1 aliphatic rings. The Morgan fingerprint density at radius 2 is 2.00 bits per heavy atom. The summed E-state index contributed by atoms with van der Waals surface area (Å²) in [4.78, 5) is 17.6. The monoisotopic (exact) mass is 492 g/mol. The van der Waals surface area contributed by atoms with Crippen molar-refractivity contribution in [2.24, 2.45) is 10.7 Å². The number of piperidine rings is 1. The molecule has 2 rings (SSSR count). The van der Waals surface area contributed by atoms with E-state index >= 15 is 0 Å². The standard InChI is InChI=1S/C18H28N4O4.HI/c1-3-26-18(24)22-10-8-14(9-11-22)21-17(19)20-12-16(23)13-4-6-15(25-2)7-5-13;/h4-7,14,16,23H,3,8-12H2,1-2H3,(H3,19,20,21);1H. The van der Waals surface area contributed by atoms with Crippen molar-refractivity contribution in [3.63, 3.8) is 0 Å². The predicted molar refractivity (Wildman–Crippen MR) is 115 cm³/mol. The summed E-state index contributed by atoms with van der Waals surface area (Å²) >= 11 is 0. The van der Waals surface area contributed by atoms with E-state index in [2.05, 4.69) is 10.3 Å². The van der Waals surface area contributed by atoms with Gasteiger partial charge in [0.15, 0.2) is 5.96 Å². The zero-order valence-electron chi connectivity index (χ0n) is 15.8. The van der Waals surface area contributed by atoms with E-state index in [1.54, 1.807) is 43.2 Å². The van der Waals surface area contributed by atoms with Gasteiger partial charge in [0, 0.05) is 19.1 Å². The van der Waals surface area contributed by atoms with Crippen molar-refractivity contribution in [2.75, 3.05) is 33.4 Å². The third kappa shape index (κ3) is 7.41. The second kappa shape index (κ2) is 11.9. The maximum absolute atomic E-state index is 11.7. The van der Waals surface area contributed by atoms with Crippen LogP contribution in [0.4, 0.5) is 4.79 Å². The molecule has 4 N–H and O–H groups in total. The number of rotatable bonds is 6. The summed E-state index contributed by atoms with van der Waals surface area (Å²) in [6, 6.07) is 7.34. The first-order valence-corrected chi connectivity index (χ1v) is 8.83. The molecule has 0 bridgehead atoms. The fourth-order valence-electron chi connectivity index (χ4n) is 2.79. The number of aliphatic hydroxyl groups is 1. The van der Waals surface area contributed by atoms with Crippen molar-refractivity contribution in [1.82, 2.24) is 10.2 Å². The maximum atomic E-state index is 11.7. The van der Waals surface area contributed by atoms with Crippen LogP contribution in [-0.2, 0) is 4.74 Å². The second-order valence-corrected chi connectivity index (χ2v) is 6.12. The van der Waals surface area contributed by atoms with Gasteiger partial charge in [-0.05, 0) is 37.5 Å². The molecule has 8 nitrogen and oxygen atoms in total. The second-order valence-electron chi connectivity index (χ2n) is 6.12. The van der Waals surface area contributed by atoms with Gasteiger partial charge in [0.1, 0.15) is 5.75 Å². The maximum Gasteiger partial charge on any atom is 0.409 e. The average molecular weight is 492 g/mol. The number of hydrogen-bond donors (Lipinski definition) is 3. The summed E-state index contributed by atoms with van der Waals surface area (Å²) in [7, 11) is 1.60. The van der Waals surface area contributed by atoms with E-state index in [4.69, 9.17) is 15.2 Å². The number of methoxy groups -OCH3 is 1. The van der Waals surface area contributed by atoms with Crippen molar-refractivity contribution in [3.05, 3.63) is 29.8 Å². The van der Waals surface area contributed by atoms with E-state index in [1.165, 1.54) is 0 Å². The number of nitrogens with zero attached hydrogens (tertiary/aromatic N) is 2. The van der Waals surface area contributed by atoms with Crippen LogP contribution in [0.5, 0.6) is 5.75 Å². The van der Waals surface area contributed by atoms with Crippen LogP contribution in [-0.4, -0.2) is 61.5 Å². The number of nitrogens with two attached hydrogens (primary N) is 1. The minimum atomic E-state index is -0.730. The first-order chi connectivity index (χ1) is 12.5. The molecule has 1 atom stereocenters. The van der Waals surface area contributed by atoms with E-state index in [0.29, 0.717) is 25.7 Å². The quantitative estimate of drug-likeness (QED) is 0.318.